The first-order valence-electron chi connectivity index (χ1n) is 7.55. The van der Waals surface area contributed by atoms with E-state index in [0.29, 0.717) is 22.3 Å². The molecule has 0 aliphatic rings. The number of aromatic nitrogens is 2. The maximum Gasteiger partial charge on any atom is 0.274 e. The molecule has 26 heavy (non-hydrogen) atoms. The highest BCUT2D eigenvalue weighted by Crippen LogP contribution is 2.28. The normalized spacial score (nSPS) is 10.3. The maximum absolute atomic E-state index is 13.6. The number of nitrogens with one attached hydrogen (secondary N) is 2. The lowest BCUT2D eigenvalue weighted by molar-refractivity contribution is 0.102. The number of para-hydroxylation sites is 1. The molecule has 0 saturated heterocycles. The molecule has 1 amide bonds. The third-order valence-electron chi connectivity index (χ3n) is 3.45. The van der Waals surface area contributed by atoms with Gasteiger partial charge in [-0.25, -0.2) is 14.4 Å². The number of methoxy groups -OCH3 is 1. The van der Waals surface area contributed by atoms with Crippen LogP contribution in [-0.2, 0) is 0 Å². The van der Waals surface area contributed by atoms with Crippen molar-refractivity contribution in [1.29, 1.82) is 0 Å². The zero-order valence-electron chi connectivity index (χ0n) is 13.7. The summed E-state index contributed by atoms with van der Waals surface area (Å²) in [6, 6.07) is 12.5. The smallest absolute Gasteiger partial charge is 0.274 e. The van der Waals surface area contributed by atoms with Gasteiger partial charge in [0.1, 0.15) is 29.4 Å². The molecule has 2 N–H and O–H groups in total. The standard InChI is InChI=1S/C18H14ClFN4O2/c1-26-16-7-6-11(8-12(16)19)23-17-9-15(21-10-22-17)18(25)24-14-5-3-2-4-13(14)20/h2-10H,1H3,(H,24,25)(H,21,22,23). The minimum Gasteiger partial charge on any atom is -0.495 e. The average molecular weight is 373 g/mol. The van der Waals surface area contributed by atoms with E-state index in [1.165, 1.54) is 37.7 Å². The molecular weight excluding hydrogens is 359 g/mol. The van der Waals surface area contributed by atoms with E-state index in [9.17, 15) is 9.18 Å². The van der Waals surface area contributed by atoms with Gasteiger partial charge in [-0.05, 0) is 30.3 Å². The van der Waals surface area contributed by atoms with Crippen molar-refractivity contribution >= 4 is 34.7 Å². The van der Waals surface area contributed by atoms with Crippen LogP contribution in [0.1, 0.15) is 10.5 Å². The number of ether oxygens (including phenoxy) is 1. The van der Waals surface area contributed by atoms with E-state index in [2.05, 4.69) is 20.6 Å². The molecule has 0 radical (unpaired) electrons. The molecular formula is C18H14ClFN4O2. The van der Waals surface area contributed by atoms with Gasteiger partial charge in [0.25, 0.3) is 5.91 Å². The molecule has 1 aromatic heterocycles. The number of hydrogen-bond donors (Lipinski definition) is 2. The van der Waals surface area contributed by atoms with Crippen molar-refractivity contribution in [3.05, 3.63) is 71.4 Å². The summed E-state index contributed by atoms with van der Waals surface area (Å²) in [5, 5.41) is 5.93. The van der Waals surface area contributed by atoms with E-state index in [0.717, 1.165) is 0 Å². The number of amides is 1. The second-order valence-corrected chi connectivity index (χ2v) is 5.60. The lowest BCUT2D eigenvalue weighted by Gasteiger charge is -2.09. The molecule has 0 spiro atoms. The predicted octanol–water partition coefficient (Wildman–Crippen LogP) is 4.27. The molecule has 0 aliphatic carbocycles. The van der Waals surface area contributed by atoms with E-state index < -0.39 is 11.7 Å². The second-order valence-electron chi connectivity index (χ2n) is 5.20. The van der Waals surface area contributed by atoms with Gasteiger partial charge in [-0.15, -0.1) is 0 Å². The summed E-state index contributed by atoms with van der Waals surface area (Å²) in [6.45, 7) is 0. The highest BCUT2D eigenvalue weighted by molar-refractivity contribution is 6.32. The Hall–Kier alpha value is -3.19. The monoisotopic (exact) mass is 372 g/mol. The Morgan fingerprint density at radius 1 is 1.15 bits per heavy atom. The SMILES string of the molecule is COc1ccc(Nc2cc(C(=O)Nc3ccccc3F)ncn2)cc1Cl. The van der Waals surface area contributed by atoms with E-state index in [1.807, 2.05) is 0 Å². The van der Waals surface area contributed by atoms with Crippen molar-refractivity contribution in [3.63, 3.8) is 0 Å². The summed E-state index contributed by atoms with van der Waals surface area (Å²) in [7, 11) is 1.53. The summed E-state index contributed by atoms with van der Waals surface area (Å²) >= 11 is 6.09. The summed E-state index contributed by atoms with van der Waals surface area (Å²) < 4.78 is 18.7. The van der Waals surface area contributed by atoms with Crippen LogP contribution in [0.2, 0.25) is 5.02 Å². The molecule has 0 aliphatic heterocycles. The second kappa shape index (κ2) is 7.79. The molecule has 132 valence electrons. The van der Waals surface area contributed by atoms with Gasteiger partial charge in [0, 0.05) is 11.8 Å². The first-order chi connectivity index (χ1) is 12.6. The molecule has 0 atom stereocenters. The largest absolute Gasteiger partial charge is 0.495 e. The van der Waals surface area contributed by atoms with Crippen molar-refractivity contribution in [2.75, 3.05) is 17.7 Å². The predicted molar refractivity (Wildman–Crippen MR) is 97.7 cm³/mol. The molecule has 0 unspecified atom stereocenters. The quantitative estimate of drug-likeness (QED) is 0.699. The van der Waals surface area contributed by atoms with Crippen LogP contribution in [0.15, 0.2) is 54.9 Å². The van der Waals surface area contributed by atoms with Gasteiger partial charge < -0.3 is 15.4 Å². The Morgan fingerprint density at radius 2 is 1.96 bits per heavy atom. The number of benzene rings is 2. The molecule has 2 aromatic carbocycles. The Labute approximate surface area is 154 Å². The number of anilines is 3. The first-order valence-corrected chi connectivity index (χ1v) is 7.93. The summed E-state index contributed by atoms with van der Waals surface area (Å²) in [5.74, 6) is -0.140. The fraction of sp³-hybridized carbons (Fsp3) is 0.0556. The van der Waals surface area contributed by atoms with Crippen LogP contribution in [0, 0.1) is 5.82 Å². The third-order valence-corrected chi connectivity index (χ3v) is 3.74. The minimum atomic E-state index is -0.548. The topological polar surface area (TPSA) is 76.1 Å². The number of carbonyl (C=O) groups is 1. The number of hydrogen-bond acceptors (Lipinski definition) is 5. The van der Waals surface area contributed by atoms with Crippen LogP contribution >= 0.6 is 11.6 Å². The Bertz CT molecular complexity index is 952. The van der Waals surface area contributed by atoms with Crippen LogP contribution in [-0.4, -0.2) is 23.0 Å². The zero-order chi connectivity index (χ0) is 18.5. The highest BCUT2D eigenvalue weighted by atomic mass is 35.5. The lowest BCUT2D eigenvalue weighted by atomic mass is 10.2. The fourth-order valence-corrected chi connectivity index (χ4v) is 2.45. The van der Waals surface area contributed by atoms with E-state index in [1.54, 1.807) is 24.3 Å². The van der Waals surface area contributed by atoms with Crippen molar-refractivity contribution in [3.8, 4) is 5.75 Å². The molecule has 3 aromatic rings. The average Bonchev–Trinajstić information content (AvgIpc) is 2.64. The molecule has 3 rings (SSSR count). The van der Waals surface area contributed by atoms with Gasteiger partial charge in [-0.3, -0.25) is 4.79 Å². The zero-order valence-corrected chi connectivity index (χ0v) is 14.4. The van der Waals surface area contributed by atoms with Gasteiger partial charge in [0.15, 0.2) is 0 Å². The molecule has 0 bridgehead atoms. The van der Waals surface area contributed by atoms with Crippen LogP contribution < -0.4 is 15.4 Å². The van der Waals surface area contributed by atoms with Crippen molar-refractivity contribution in [2.24, 2.45) is 0 Å². The number of rotatable bonds is 5. The Balaban J connectivity index is 1.76. The molecule has 0 fully saturated rings. The van der Waals surface area contributed by atoms with Crippen LogP contribution in [0.25, 0.3) is 0 Å². The van der Waals surface area contributed by atoms with Gasteiger partial charge in [0.05, 0.1) is 17.8 Å². The Kier molecular flexibility index (Phi) is 5.28. The van der Waals surface area contributed by atoms with E-state index >= 15 is 0 Å². The van der Waals surface area contributed by atoms with Crippen molar-refractivity contribution in [1.82, 2.24) is 9.97 Å². The van der Waals surface area contributed by atoms with E-state index in [4.69, 9.17) is 16.3 Å². The minimum absolute atomic E-state index is 0.0764. The molecule has 6 nitrogen and oxygen atoms in total. The van der Waals surface area contributed by atoms with Crippen LogP contribution in [0.3, 0.4) is 0 Å². The summed E-state index contributed by atoms with van der Waals surface area (Å²) in [4.78, 5) is 20.3. The maximum atomic E-state index is 13.6. The molecule has 0 saturated carbocycles. The fourth-order valence-electron chi connectivity index (χ4n) is 2.19. The Morgan fingerprint density at radius 3 is 2.69 bits per heavy atom. The molecule has 8 heteroatoms. The summed E-state index contributed by atoms with van der Waals surface area (Å²) in [5.41, 5.74) is 0.827. The third kappa shape index (κ3) is 4.07. The highest BCUT2D eigenvalue weighted by Gasteiger charge is 2.12. The van der Waals surface area contributed by atoms with Gasteiger partial charge in [-0.2, -0.15) is 0 Å². The number of carbonyl (C=O) groups excluding carboxylic acids is 1. The number of nitrogens with zero attached hydrogens (tertiary/aromatic N) is 2. The van der Waals surface area contributed by atoms with Crippen LogP contribution in [0.5, 0.6) is 5.75 Å². The van der Waals surface area contributed by atoms with Gasteiger partial charge in [-0.1, -0.05) is 23.7 Å². The number of halogens is 2. The molecule has 1 heterocycles. The van der Waals surface area contributed by atoms with Gasteiger partial charge in [0.2, 0.25) is 0 Å². The van der Waals surface area contributed by atoms with Crippen molar-refractivity contribution in [2.45, 2.75) is 0 Å². The lowest BCUT2D eigenvalue weighted by Crippen LogP contribution is -2.15. The summed E-state index contributed by atoms with van der Waals surface area (Å²) in [6.07, 6.45) is 1.24. The van der Waals surface area contributed by atoms with Crippen molar-refractivity contribution < 1.29 is 13.9 Å². The van der Waals surface area contributed by atoms with Crippen LogP contribution in [0.4, 0.5) is 21.6 Å². The van der Waals surface area contributed by atoms with Gasteiger partial charge >= 0.3 is 0 Å². The first kappa shape index (κ1) is 17.6. The van der Waals surface area contributed by atoms with E-state index in [-0.39, 0.29) is 11.4 Å².